The zero-order valence-electron chi connectivity index (χ0n) is 17.3. The van der Waals surface area contributed by atoms with Gasteiger partial charge >= 0.3 is 5.97 Å². The van der Waals surface area contributed by atoms with E-state index in [1.54, 1.807) is 32.4 Å². The molecule has 156 valence electrons. The van der Waals surface area contributed by atoms with Crippen LogP contribution in [0.25, 0.3) is 11.1 Å². The molecule has 1 heterocycles. The molecule has 7 heteroatoms. The second-order valence-electron chi connectivity index (χ2n) is 6.51. The van der Waals surface area contributed by atoms with E-state index in [0.717, 1.165) is 21.6 Å². The van der Waals surface area contributed by atoms with E-state index < -0.39 is 5.97 Å². The molecular formula is C23H23NO5S. The van der Waals surface area contributed by atoms with Crippen LogP contribution in [0.1, 0.15) is 20.8 Å². The van der Waals surface area contributed by atoms with Gasteiger partial charge < -0.3 is 19.5 Å². The number of thiophene rings is 1. The van der Waals surface area contributed by atoms with Gasteiger partial charge in [0.05, 0.1) is 27.8 Å². The van der Waals surface area contributed by atoms with Crippen LogP contribution in [0, 0.1) is 6.92 Å². The number of nitrogens with one attached hydrogen (secondary N) is 1. The van der Waals surface area contributed by atoms with Crippen LogP contribution in [0.15, 0.2) is 48.5 Å². The molecule has 0 spiro atoms. The lowest BCUT2D eigenvalue weighted by molar-refractivity contribution is -0.115. The first-order valence-electron chi connectivity index (χ1n) is 9.26. The van der Waals surface area contributed by atoms with Gasteiger partial charge in [-0.25, -0.2) is 4.79 Å². The molecule has 0 saturated heterocycles. The number of anilines is 1. The summed E-state index contributed by atoms with van der Waals surface area (Å²) in [5.74, 6) is 0.417. The van der Waals surface area contributed by atoms with Crippen LogP contribution in [0.3, 0.4) is 0 Å². The first-order chi connectivity index (χ1) is 14.5. The predicted molar refractivity (Wildman–Crippen MR) is 118 cm³/mol. The lowest BCUT2D eigenvalue weighted by Crippen LogP contribution is -2.16. The molecule has 2 aromatic carbocycles. The van der Waals surface area contributed by atoms with E-state index in [4.69, 9.17) is 14.2 Å². The van der Waals surface area contributed by atoms with Gasteiger partial charge in [-0.05, 0) is 30.2 Å². The number of ether oxygens (including phenoxy) is 3. The molecule has 1 N–H and O–H groups in total. The Morgan fingerprint density at radius 3 is 2.30 bits per heavy atom. The Kier molecular flexibility index (Phi) is 6.74. The van der Waals surface area contributed by atoms with Crippen molar-refractivity contribution in [2.24, 2.45) is 0 Å². The van der Waals surface area contributed by atoms with E-state index in [2.05, 4.69) is 5.32 Å². The normalized spacial score (nSPS) is 10.4. The lowest BCUT2D eigenvalue weighted by atomic mass is 10.0. The highest BCUT2D eigenvalue weighted by Gasteiger charge is 2.25. The van der Waals surface area contributed by atoms with Crippen molar-refractivity contribution < 1.29 is 23.8 Å². The highest BCUT2D eigenvalue weighted by molar-refractivity contribution is 7.17. The Morgan fingerprint density at radius 1 is 0.967 bits per heavy atom. The van der Waals surface area contributed by atoms with Gasteiger partial charge in [-0.2, -0.15) is 0 Å². The largest absolute Gasteiger partial charge is 0.493 e. The Balaban J connectivity index is 1.89. The highest BCUT2D eigenvalue weighted by Crippen LogP contribution is 2.40. The van der Waals surface area contributed by atoms with Crippen molar-refractivity contribution in [3.8, 4) is 22.6 Å². The van der Waals surface area contributed by atoms with Gasteiger partial charge in [0.2, 0.25) is 5.91 Å². The van der Waals surface area contributed by atoms with Crippen molar-refractivity contribution in [1.82, 2.24) is 0 Å². The number of methoxy groups -OCH3 is 3. The zero-order chi connectivity index (χ0) is 21.7. The van der Waals surface area contributed by atoms with Crippen molar-refractivity contribution >= 4 is 28.2 Å². The van der Waals surface area contributed by atoms with Crippen LogP contribution in [0.5, 0.6) is 11.5 Å². The molecule has 0 unspecified atom stereocenters. The van der Waals surface area contributed by atoms with E-state index >= 15 is 0 Å². The average Bonchev–Trinajstić information content (AvgIpc) is 3.08. The molecule has 0 saturated carbocycles. The Labute approximate surface area is 179 Å². The van der Waals surface area contributed by atoms with E-state index in [1.807, 2.05) is 37.3 Å². The number of benzene rings is 2. The summed E-state index contributed by atoms with van der Waals surface area (Å²) in [5, 5.41) is 3.35. The minimum absolute atomic E-state index is 0.124. The molecule has 0 aliphatic rings. The molecule has 1 amide bonds. The first-order valence-corrected chi connectivity index (χ1v) is 10.1. The summed E-state index contributed by atoms with van der Waals surface area (Å²) in [7, 11) is 4.44. The third-order valence-electron chi connectivity index (χ3n) is 4.60. The van der Waals surface area contributed by atoms with Gasteiger partial charge in [0.1, 0.15) is 10.6 Å². The standard InChI is InChI=1S/C23H23NO5S/c1-14-20(16-8-6-5-7-9-16)21(23(26)29-4)22(30-14)24-19(25)13-15-10-11-17(27-2)18(12-15)28-3/h5-12H,13H2,1-4H3,(H,24,25). The van der Waals surface area contributed by atoms with Gasteiger partial charge in [-0.1, -0.05) is 36.4 Å². The molecule has 30 heavy (non-hydrogen) atoms. The smallest absolute Gasteiger partial charge is 0.341 e. The summed E-state index contributed by atoms with van der Waals surface area (Å²) >= 11 is 1.35. The maximum absolute atomic E-state index is 12.7. The van der Waals surface area contributed by atoms with Crippen molar-refractivity contribution in [2.75, 3.05) is 26.6 Å². The van der Waals surface area contributed by atoms with Crippen molar-refractivity contribution in [1.29, 1.82) is 0 Å². The molecule has 6 nitrogen and oxygen atoms in total. The van der Waals surface area contributed by atoms with Crippen molar-refractivity contribution in [2.45, 2.75) is 13.3 Å². The molecule has 1 aromatic heterocycles. The van der Waals surface area contributed by atoms with Gasteiger partial charge in [0, 0.05) is 10.4 Å². The summed E-state index contributed by atoms with van der Waals surface area (Å²) in [5.41, 5.74) is 2.80. The molecule has 3 rings (SSSR count). The van der Waals surface area contributed by atoms with Gasteiger partial charge in [0.15, 0.2) is 11.5 Å². The van der Waals surface area contributed by atoms with Crippen molar-refractivity contribution in [3.05, 3.63) is 64.5 Å². The predicted octanol–water partition coefficient (Wildman–Crippen LogP) is 4.71. The van der Waals surface area contributed by atoms with Crippen LogP contribution < -0.4 is 14.8 Å². The van der Waals surface area contributed by atoms with Gasteiger partial charge in [-0.15, -0.1) is 11.3 Å². The Bertz CT molecular complexity index is 1060. The maximum Gasteiger partial charge on any atom is 0.341 e. The van der Waals surface area contributed by atoms with E-state index in [9.17, 15) is 9.59 Å². The van der Waals surface area contributed by atoms with Gasteiger partial charge in [0.25, 0.3) is 0 Å². The third kappa shape index (κ3) is 4.46. The van der Waals surface area contributed by atoms with Gasteiger partial charge in [-0.3, -0.25) is 4.79 Å². The second-order valence-corrected chi connectivity index (χ2v) is 7.73. The van der Waals surface area contributed by atoms with Crippen LogP contribution in [0.2, 0.25) is 0 Å². The number of carbonyl (C=O) groups excluding carboxylic acids is 2. The molecule has 0 bridgehead atoms. The summed E-state index contributed by atoms with van der Waals surface area (Å²) < 4.78 is 15.5. The molecular weight excluding hydrogens is 402 g/mol. The lowest BCUT2D eigenvalue weighted by Gasteiger charge is -2.10. The zero-order valence-corrected chi connectivity index (χ0v) is 18.1. The minimum Gasteiger partial charge on any atom is -0.493 e. The SMILES string of the molecule is COC(=O)c1c(NC(=O)Cc2ccc(OC)c(OC)c2)sc(C)c1-c1ccccc1. The first kappa shape index (κ1) is 21.4. The van der Waals surface area contributed by atoms with E-state index in [1.165, 1.54) is 18.4 Å². The summed E-state index contributed by atoms with van der Waals surface area (Å²) in [6.45, 7) is 1.92. The minimum atomic E-state index is -0.486. The van der Waals surface area contributed by atoms with Crippen LogP contribution in [0.4, 0.5) is 5.00 Å². The number of carbonyl (C=O) groups is 2. The second kappa shape index (κ2) is 9.45. The fourth-order valence-corrected chi connectivity index (χ4v) is 4.31. The molecule has 3 aromatic rings. The van der Waals surface area contributed by atoms with Crippen LogP contribution in [-0.2, 0) is 16.0 Å². The number of hydrogen-bond acceptors (Lipinski definition) is 6. The molecule has 0 radical (unpaired) electrons. The monoisotopic (exact) mass is 425 g/mol. The fourth-order valence-electron chi connectivity index (χ4n) is 3.23. The fraction of sp³-hybridized carbons (Fsp3) is 0.217. The summed E-state index contributed by atoms with van der Waals surface area (Å²) in [4.78, 5) is 26.2. The molecule has 0 atom stereocenters. The Hall–Kier alpha value is -3.32. The highest BCUT2D eigenvalue weighted by atomic mass is 32.1. The molecule has 0 fully saturated rings. The summed E-state index contributed by atoms with van der Waals surface area (Å²) in [6, 6.07) is 14.9. The molecule has 0 aliphatic heterocycles. The van der Waals surface area contributed by atoms with E-state index in [0.29, 0.717) is 22.1 Å². The summed E-state index contributed by atoms with van der Waals surface area (Å²) in [6.07, 6.45) is 0.124. The van der Waals surface area contributed by atoms with Crippen molar-refractivity contribution in [3.63, 3.8) is 0 Å². The number of amides is 1. The average molecular weight is 426 g/mol. The number of rotatable bonds is 7. The number of esters is 1. The number of hydrogen-bond donors (Lipinski definition) is 1. The number of aryl methyl sites for hydroxylation is 1. The van der Waals surface area contributed by atoms with Crippen LogP contribution >= 0.6 is 11.3 Å². The van der Waals surface area contributed by atoms with Crippen LogP contribution in [-0.4, -0.2) is 33.2 Å². The third-order valence-corrected chi connectivity index (χ3v) is 5.62. The quantitative estimate of drug-likeness (QED) is 0.555. The topological polar surface area (TPSA) is 73.9 Å². The van der Waals surface area contributed by atoms with E-state index in [-0.39, 0.29) is 12.3 Å². The molecule has 0 aliphatic carbocycles. The maximum atomic E-state index is 12.7. The Morgan fingerprint density at radius 2 is 1.67 bits per heavy atom.